The molecule has 1 aromatic heterocycles. The molecule has 22 heavy (non-hydrogen) atoms. The van der Waals surface area contributed by atoms with E-state index in [0.29, 0.717) is 0 Å². The van der Waals surface area contributed by atoms with Crippen molar-refractivity contribution in [3.8, 4) is 5.75 Å². The van der Waals surface area contributed by atoms with Gasteiger partial charge in [0.2, 0.25) is 0 Å². The van der Waals surface area contributed by atoms with Crippen molar-refractivity contribution in [1.82, 2.24) is 4.98 Å². The highest BCUT2D eigenvalue weighted by atomic mass is 127. The summed E-state index contributed by atoms with van der Waals surface area (Å²) in [5, 5.41) is 11.1. The minimum absolute atomic E-state index is 0.267. The quantitative estimate of drug-likeness (QED) is 0.378. The lowest BCUT2D eigenvalue weighted by atomic mass is 10.2. The van der Waals surface area contributed by atoms with Gasteiger partial charge in [-0.3, -0.25) is 9.98 Å². The fourth-order valence-electron chi connectivity index (χ4n) is 2.12. The number of phenolic OH excluding ortho intramolecular Hbond substituents is 1. The molecule has 0 aliphatic carbocycles. The maximum absolute atomic E-state index is 10.1. The summed E-state index contributed by atoms with van der Waals surface area (Å²) in [4.78, 5) is 8.95. The Labute approximate surface area is 155 Å². The fraction of sp³-hybridized carbons (Fsp3) is 0.0588. The standard InChI is InChI=1S/C17H12I2N2O/c1-10-2-3-11-7-14(4-5-16(11)21-10)20-9-12-6-13(18)8-15(19)17(12)22/h2-9,22H,1H3. The van der Waals surface area contributed by atoms with Crippen molar-refractivity contribution in [3.05, 3.63) is 60.9 Å². The number of benzene rings is 2. The van der Waals surface area contributed by atoms with Crippen molar-refractivity contribution in [1.29, 1.82) is 0 Å². The predicted octanol–water partition coefficient (Wildman–Crippen LogP) is 5.21. The summed E-state index contributed by atoms with van der Waals surface area (Å²) in [6.07, 6.45) is 1.70. The number of halogens is 2. The van der Waals surface area contributed by atoms with Crippen LogP contribution in [0.1, 0.15) is 11.3 Å². The SMILES string of the molecule is Cc1ccc2cc(N=Cc3cc(I)cc(I)c3O)ccc2n1. The monoisotopic (exact) mass is 514 g/mol. The van der Waals surface area contributed by atoms with Crippen LogP contribution >= 0.6 is 45.2 Å². The van der Waals surface area contributed by atoms with Crippen LogP contribution < -0.4 is 0 Å². The van der Waals surface area contributed by atoms with Gasteiger partial charge in [0.25, 0.3) is 0 Å². The highest BCUT2D eigenvalue weighted by molar-refractivity contribution is 14.1. The van der Waals surface area contributed by atoms with Crippen molar-refractivity contribution in [2.75, 3.05) is 0 Å². The van der Waals surface area contributed by atoms with E-state index in [0.717, 1.165) is 35.0 Å². The Kier molecular flexibility index (Phi) is 4.62. The first kappa shape index (κ1) is 15.7. The van der Waals surface area contributed by atoms with Gasteiger partial charge in [0, 0.05) is 26.4 Å². The summed E-state index contributed by atoms with van der Waals surface area (Å²) in [5.41, 5.74) is 3.53. The Hall–Kier alpha value is -1.22. The van der Waals surface area contributed by atoms with E-state index < -0.39 is 0 Å². The molecule has 0 saturated heterocycles. The molecule has 0 fully saturated rings. The molecule has 2 aromatic carbocycles. The highest BCUT2D eigenvalue weighted by Crippen LogP contribution is 2.27. The second-order valence-electron chi connectivity index (χ2n) is 4.91. The average Bonchev–Trinajstić information content (AvgIpc) is 2.49. The van der Waals surface area contributed by atoms with Gasteiger partial charge in [-0.2, -0.15) is 0 Å². The molecule has 0 aliphatic heterocycles. The zero-order chi connectivity index (χ0) is 15.7. The van der Waals surface area contributed by atoms with Crippen LogP contribution in [-0.2, 0) is 0 Å². The first-order chi connectivity index (χ1) is 10.5. The number of aromatic nitrogens is 1. The van der Waals surface area contributed by atoms with Crippen LogP contribution in [0.2, 0.25) is 0 Å². The maximum atomic E-state index is 10.1. The highest BCUT2D eigenvalue weighted by Gasteiger charge is 2.05. The third-order valence-electron chi connectivity index (χ3n) is 3.22. The van der Waals surface area contributed by atoms with Crippen LogP contribution in [0.3, 0.4) is 0 Å². The molecule has 1 N–H and O–H groups in total. The van der Waals surface area contributed by atoms with E-state index in [9.17, 15) is 5.11 Å². The molecule has 3 rings (SSSR count). The molecule has 1 heterocycles. The number of hydrogen-bond donors (Lipinski definition) is 1. The number of fused-ring (bicyclic) bond motifs is 1. The number of nitrogens with zero attached hydrogens (tertiary/aromatic N) is 2. The number of hydrogen-bond acceptors (Lipinski definition) is 3. The maximum Gasteiger partial charge on any atom is 0.137 e. The van der Waals surface area contributed by atoms with Gasteiger partial charge in [-0.05, 0) is 88.5 Å². The topological polar surface area (TPSA) is 45.5 Å². The van der Waals surface area contributed by atoms with E-state index in [-0.39, 0.29) is 5.75 Å². The van der Waals surface area contributed by atoms with E-state index >= 15 is 0 Å². The smallest absolute Gasteiger partial charge is 0.137 e. The van der Waals surface area contributed by atoms with E-state index in [2.05, 4.69) is 55.2 Å². The molecule has 5 heteroatoms. The summed E-state index contributed by atoms with van der Waals surface area (Å²) in [7, 11) is 0. The Morgan fingerprint density at radius 1 is 1.09 bits per heavy atom. The third-order valence-corrected chi connectivity index (χ3v) is 4.67. The van der Waals surface area contributed by atoms with E-state index in [1.807, 2.05) is 49.4 Å². The molecule has 3 aromatic rings. The van der Waals surface area contributed by atoms with Gasteiger partial charge in [0.1, 0.15) is 5.75 Å². The first-order valence-electron chi connectivity index (χ1n) is 6.62. The minimum Gasteiger partial charge on any atom is -0.506 e. The number of pyridine rings is 1. The molecule has 0 aliphatic rings. The fourth-order valence-corrected chi connectivity index (χ4v) is 4.01. The Balaban J connectivity index is 1.97. The van der Waals surface area contributed by atoms with Crippen LogP contribution in [0.25, 0.3) is 10.9 Å². The van der Waals surface area contributed by atoms with Crippen molar-refractivity contribution >= 4 is 68.0 Å². The first-order valence-corrected chi connectivity index (χ1v) is 8.78. The van der Waals surface area contributed by atoms with Gasteiger partial charge in [-0.25, -0.2) is 0 Å². The number of aliphatic imine (C=N–C) groups is 1. The molecule has 0 atom stereocenters. The lowest BCUT2D eigenvalue weighted by Crippen LogP contribution is -1.88. The van der Waals surface area contributed by atoms with Crippen molar-refractivity contribution in [2.24, 2.45) is 4.99 Å². The third kappa shape index (κ3) is 3.40. The summed E-state index contributed by atoms with van der Waals surface area (Å²) in [6.45, 7) is 1.98. The second-order valence-corrected chi connectivity index (χ2v) is 7.32. The van der Waals surface area contributed by atoms with Gasteiger partial charge in [-0.1, -0.05) is 6.07 Å². The lowest BCUT2D eigenvalue weighted by Gasteiger charge is -2.03. The molecule has 0 spiro atoms. The zero-order valence-electron chi connectivity index (χ0n) is 11.7. The van der Waals surface area contributed by atoms with Gasteiger partial charge in [0.15, 0.2) is 0 Å². The van der Waals surface area contributed by atoms with Crippen LogP contribution in [-0.4, -0.2) is 16.3 Å². The molecule has 0 amide bonds. The minimum atomic E-state index is 0.267. The molecule has 0 radical (unpaired) electrons. The Bertz CT molecular complexity index is 891. The van der Waals surface area contributed by atoms with Gasteiger partial charge in [-0.15, -0.1) is 0 Å². The van der Waals surface area contributed by atoms with Crippen LogP contribution in [0, 0.1) is 14.1 Å². The summed E-state index contributed by atoms with van der Waals surface area (Å²) < 4.78 is 1.89. The molecule has 3 nitrogen and oxygen atoms in total. The van der Waals surface area contributed by atoms with Crippen molar-refractivity contribution in [3.63, 3.8) is 0 Å². The van der Waals surface area contributed by atoms with E-state index in [1.54, 1.807) is 6.21 Å². The molecule has 110 valence electrons. The predicted molar refractivity (Wildman–Crippen MR) is 107 cm³/mol. The average molecular weight is 514 g/mol. The molecule has 0 unspecified atom stereocenters. The summed E-state index contributed by atoms with van der Waals surface area (Å²) in [5.74, 6) is 0.267. The normalized spacial score (nSPS) is 11.4. The number of aryl methyl sites for hydroxylation is 1. The van der Waals surface area contributed by atoms with Gasteiger partial charge in [0.05, 0.1) is 14.8 Å². The molecular weight excluding hydrogens is 502 g/mol. The van der Waals surface area contributed by atoms with Crippen LogP contribution in [0.5, 0.6) is 5.75 Å². The zero-order valence-corrected chi connectivity index (χ0v) is 16.0. The number of rotatable bonds is 2. The van der Waals surface area contributed by atoms with Crippen molar-refractivity contribution in [2.45, 2.75) is 6.92 Å². The molecular formula is C17H12I2N2O. The Morgan fingerprint density at radius 2 is 1.91 bits per heavy atom. The summed E-state index contributed by atoms with van der Waals surface area (Å²) >= 11 is 4.35. The van der Waals surface area contributed by atoms with E-state index in [1.165, 1.54) is 0 Å². The lowest BCUT2D eigenvalue weighted by molar-refractivity contribution is 0.470. The van der Waals surface area contributed by atoms with Crippen LogP contribution in [0.15, 0.2) is 47.5 Å². The van der Waals surface area contributed by atoms with Gasteiger partial charge >= 0.3 is 0 Å². The van der Waals surface area contributed by atoms with Gasteiger partial charge < -0.3 is 5.11 Å². The van der Waals surface area contributed by atoms with E-state index in [4.69, 9.17) is 0 Å². The number of aromatic hydroxyl groups is 1. The molecule has 0 bridgehead atoms. The van der Waals surface area contributed by atoms with Crippen LogP contribution in [0.4, 0.5) is 5.69 Å². The van der Waals surface area contributed by atoms with Crippen molar-refractivity contribution < 1.29 is 5.11 Å². The largest absolute Gasteiger partial charge is 0.506 e. The summed E-state index contributed by atoms with van der Waals surface area (Å²) in [6, 6.07) is 13.8. The molecule has 0 saturated carbocycles. The second kappa shape index (κ2) is 6.49. The Morgan fingerprint density at radius 3 is 2.73 bits per heavy atom. The number of phenols is 1.